The Morgan fingerprint density at radius 2 is 1.82 bits per heavy atom. The first-order valence-electron chi connectivity index (χ1n) is 14.1. The molecule has 0 saturated carbocycles. The first-order valence-corrected chi connectivity index (χ1v) is 14.5. The molecule has 1 aromatic carbocycles. The number of carbonyl (C=O) groups excluding carboxylic acids is 2. The largest absolute Gasteiger partial charge is 0.495 e. The quantitative estimate of drug-likeness (QED) is 0.116. The van der Waals surface area contributed by atoms with Gasteiger partial charge in [-0.15, -0.1) is 0 Å². The highest BCUT2D eigenvalue weighted by molar-refractivity contribution is 6.32. The number of halogens is 1. The van der Waals surface area contributed by atoms with E-state index in [0.29, 0.717) is 41.3 Å². The molecule has 2 N–H and O–H groups in total. The predicted octanol–water partition coefficient (Wildman–Crippen LogP) is 7.86. The van der Waals surface area contributed by atoms with E-state index in [1.807, 2.05) is 45.9 Å². The molecule has 218 valence electrons. The van der Waals surface area contributed by atoms with E-state index in [0.717, 1.165) is 31.1 Å². The Bertz CT molecular complexity index is 968. The van der Waals surface area contributed by atoms with Gasteiger partial charge in [0.25, 0.3) is 0 Å². The highest BCUT2D eigenvalue weighted by Crippen LogP contribution is 2.26. The number of methoxy groups -OCH3 is 1. The molecule has 4 atom stereocenters. The topological polar surface area (TPSA) is 67.4 Å². The van der Waals surface area contributed by atoms with Crippen molar-refractivity contribution < 1.29 is 14.3 Å². The highest BCUT2D eigenvalue weighted by Gasteiger charge is 2.17. The van der Waals surface area contributed by atoms with E-state index in [4.69, 9.17) is 16.3 Å². The summed E-state index contributed by atoms with van der Waals surface area (Å²) in [5.41, 5.74) is 2.94. The second-order valence-electron chi connectivity index (χ2n) is 9.76. The van der Waals surface area contributed by atoms with E-state index in [1.54, 1.807) is 19.3 Å². The molecular formula is C33H51ClN2O3. The van der Waals surface area contributed by atoms with Crippen molar-refractivity contribution in [2.45, 2.75) is 80.2 Å². The van der Waals surface area contributed by atoms with Gasteiger partial charge in [-0.2, -0.15) is 0 Å². The molecule has 0 aliphatic heterocycles. The summed E-state index contributed by atoms with van der Waals surface area (Å²) in [7, 11) is 1.57. The fourth-order valence-corrected chi connectivity index (χ4v) is 4.20. The van der Waals surface area contributed by atoms with Crippen molar-refractivity contribution in [1.82, 2.24) is 10.6 Å². The van der Waals surface area contributed by atoms with E-state index in [1.165, 1.54) is 5.57 Å². The monoisotopic (exact) mass is 558 g/mol. The van der Waals surface area contributed by atoms with E-state index in [2.05, 4.69) is 56.2 Å². The van der Waals surface area contributed by atoms with Gasteiger partial charge < -0.3 is 20.2 Å². The first kappa shape index (κ1) is 36.2. The first-order chi connectivity index (χ1) is 18.6. The van der Waals surface area contributed by atoms with Gasteiger partial charge in [-0.1, -0.05) is 88.7 Å². The Hall–Kier alpha value is -2.79. The van der Waals surface area contributed by atoms with E-state index < -0.39 is 0 Å². The molecular weight excluding hydrogens is 508 g/mol. The van der Waals surface area contributed by atoms with Crippen molar-refractivity contribution >= 4 is 23.8 Å². The maximum atomic E-state index is 12.8. The molecule has 2 unspecified atom stereocenters. The zero-order chi connectivity index (χ0) is 29.8. The summed E-state index contributed by atoms with van der Waals surface area (Å²) in [4.78, 5) is 23.8. The van der Waals surface area contributed by atoms with Crippen LogP contribution in [0.15, 0.2) is 66.4 Å². The minimum Gasteiger partial charge on any atom is -0.495 e. The van der Waals surface area contributed by atoms with Crippen LogP contribution < -0.4 is 15.4 Å². The molecule has 6 heteroatoms. The lowest BCUT2D eigenvalue weighted by Crippen LogP contribution is -2.41. The number of hydrogen-bond donors (Lipinski definition) is 2. The maximum absolute atomic E-state index is 12.8. The number of hydrogen-bond acceptors (Lipinski definition) is 4. The zero-order valence-corrected chi connectivity index (χ0v) is 26.1. The van der Waals surface area contributed by atoms with Gasteiger partial charge in [0.2, 0.25) is 5.91 Å². The molecule has 0 heterocycles. The van der Waals surface area contributed by atoms with Crippen LogP contribution in [-0.4, -0.2) is 31.9 Å². The molecule has 1 rings (SSSR count). The number of amides is 1. The number of carbonyl (C=O) groups is 2. The summed E-state index contributed by atoms with van der Waals surface area (Å²) in [6.07, 6.45) is 14.3. The third-order valence-corrected chi connectivity index (χ3v) is 6.91. The molecule has 5 nitrogen and oxygen atoms in total. The van der Waals surface area contributed by atoms with Crippen molar-refractivity contribution in [3.05, 3.63) is 77.0 Å². The standard InChI is InChI=1S/C31H45ClN2O3.C2H6/c1-8-12-26(9-2)17-24(5)23(4)13-10-11-14-31(36)34-29(25(6)33-20-22(3)21-35)19-27-15-16-30(37-7)28(32)18-27;1-2/h8-9,11-12,14-16,18,21-24,29,33H,6,10,13,17,19-20H2,1-5,7H3,(H,34,36);1-2H3/b12-8-,14-11+,26-9+;/t22-,23?,24?,29-;/m1./s1. The fraction of sp³-hybridized carbons (Fsp3) is 0.515. The number of rotatable bonds is 17. The summed E-state index contributed by atoms with van der Waals surface area (Å²) in [6, 6.07) is 5.18. The predicted molar refractivity (Wildman–Crippen MR) is 167 cm³/mol. The second kappa shape index (κ2) is 21.1. The average Bonchev–Trinajstić information content (AvgIpc) is 2.94. The molecule has 0 aliphatic carbocycles. The molecule has 0 saturated heterocycles. The Morgan fingerprint density at radius 3 is 2.38 bits per heavy atom. The van der Waals surface area contributed by atoms with Crippen LogP contribution in [0.5, 0.6) is 5.75 Å². The lowest BCUT2D eigenvalue weighted by molar-refractivity contribution is -0.117. The minimum absolute atomic E-state index is 0.158. The normalized spacial score (nSPS) is 14.6. The van der Waals surface area contributed by atoms with Gasteiger partial charge in [-0.3, -0.25) is 4.79 Å². The Morgan fingerprint density at radius 1 is 1.13 bits per heavy atom. The summed E-state index contributed by atoms with van der Waals surface area (Å²) in [5, 5.41) is 6.74. The van der Waals surface area contributed by atoms with Gasteiger partial charge in [0.15, 0.2) is 0 Å². The maximum Gasteiger partial charge on any atom is 0.244 e. The SMILES string of the molecule is C=C(NC[C@@H](C)C=O)[C@@H](Cc1ccc(OC)c(Cl)c1)NC(=O)/C=C/CCC(C)C(C)CC(/C=C\C)=C/C.CC. The number of allylic oxidation sites excluding steroid dienone is 5. The molecule has 1 amide bonds. The molecule has 39 heavy (non-hydrogen) atoms. The number of aldehydes is 1. The third kappa shape index (κ3) is 14.8. The van der Waals surface area contributed by atoms with Gasteiger partial charge in [0, 0.05) is 18.2 Å². The van der Waals surface area contributed by atoms with Gasteiger partial charge >= 0.3 is 0 Å². The van der Waals surface area contributed by atoms with Crippen molar-refractivity contribution in [3.8, 4) is 5.75 Å². The van der Waals surface area contributed by atoms with Gasteiger partial charge in [0.1, 0.15) is 12.0 Å². The average molecular weight is 559 g/mol. The van der Waals surface area contributed by atoms with Crippen LogP contribution >= 0.6 is 11.6 Å². The smallest absolute Gasteiger partial charge is 0.244 e. The Balaban J connectivity index is 0.00000704. The summed E-state index contributed by atoms with van der Waals surface area (Å²) < 4.78 is 5.24. The number of benzene rings is 1. The minimum atomic E-state index is -0.370. The molecule has 0 aromatic heterocycles. The van der Waals surface area contributed by atoms with Crippen LogP contribution in [0, 0.1) is 17.8 Å². The van der Waals surface area contributed by atoms with Gasteiger partial charge in [-0.25, -0.2) is 0 Å². The van der Waals surface area contributed by atoms with E-state index >= 15 is 0 Å². The third-order valence-electron chi connectivity index (χ3n) is 6.62. The van der Waals surface area contributed by atoms with E-state index in [9.17, 15) is 9.59 Å². The molecule has 0 spiro atoms. The number of nitrogens with one attached hydrogen (secondary N) is 2. The van der Waals surface area contributed by atoms with Gasteiger partial charge in [-0.05, 0) is 75.1 Å². The van der Waals surface area contributed by atoms with Crippen LogP contribution in [0.3, 0.4) is 0 Å². The van der Waals surface area contributed by atoms with Crippen molar-refractivity contribution in [2.24, 2.45) is 17.8 Å². The number of ether oxygens (including phenoxy) is 1. The van der Waals surface area contributed by atoms with Gasteiger partial charge in [0.05, 0.1) is 18.2 Å². The van der Waals surface area contributed by atoms with Crippen LogP contribution in [0.4, 0.5) is 0 Å². The summed E-state index contributed by atoms with van der Waals surface area (Å²) in [6.45, 7) is 19.1. The molecule has 0 aliphatic rings. The Labute approximate surface area is 242 Å². The van der Waals surface area contributed by atoms with Crippen molar-refractivity contribution in [2.75, 3.05) is 13.7 Å². The second-order valence-corrected chi connectivity index (χ2v) is 10.2. The lowest BCUT2D eigenvalue weighted by Gasteiger charge is -2.23. The van der Waals surface area contributed by atoms with Crippen molar-refractivity contribution in [1.29, 1.82) is 0 Å². The summed E-state index contributed by atoms with van der Waals surface area (Å²) >= 11 is 6.30. The molecule has 1 aromatic rings. The summed E-state index contributed by atoms with van der Waals surface area (Å²) in [5.74, 6) is 1.37. The van der Waals surface area contributed by atoms with Crippen LogP contribution in [0.25, 0.3) is 0 Å². The van der Waals surface area contributed by atoms with E-state index in [-0.39, 0.29) is 17.9 Å². The molecule has 0 radical (unpaired) electrons. The Kier molecular flexibility index (Phi) is 19.6. The van der Waals surface area contributed by atoms with Crippen LogP contribution in [0.2, 0.25) is 5.02 Å². The highest BCUT2D eigenvalue weighted by atomic mass is 35.5. The van der Waals surface area contributed by atoms with Crippen LogP contribution in [0.1, 0.15) is 73.3 Å². The molecule has 0 bridgehead atoms. The molecule has 0 fully saturated rings. The zero-order valence-electron chi connectivity index (χ0n) is 25.4. The fourth-order valence-electron chi connectivity index (χ4n) is 3.92. The lowest BCUT2D eigenvalue weighted by atomic mass is 9.86. The van der Waals surface area contributed by atoms with Crippen LogP contribution in [-0.2, 0) is 16.0 Å². The van der Waals surface area contributed by atoms with Crippen molar-refractivity contribution in [3.63, 3.8) is 0 Å².